The number of hydrogen-bond donors (Lipinski definition) is 1. The number of morpholine rings is 1. The number of ether oxygens (including phenoxy) is 2. The van der Waals surface area contributed by atoms with Crippen LogP contribution in [0.5, 0.6) is 0 Å². The molecule has 3 aliphatic heterocycles. The molecule has 10 heteroatoms. The maximum absolute atomic E-state index is 13.5. The van der Waals surface area contributed by atoms with Gasteiger partial charge in [-0.05, 0) is 30.0 Å². The van der Waals surface area contributed by atoms with Crippen LogP contribution in [0, 0.1) is 0 Å². The van der Waals surface area contributed by atoms with E-state index < -0.39 is 12.0 Å². The number of rotatable bonds is 9. The molecule has 0 aliphatic carbocycles. The highest BCUT2D eigenvalue weighted by Gasteiger charge is 2.42. The van der Waals surface area contributed by atoms with Crippen molar-refractivity contribution >= 4 is 46.1 Å². The monoisotopic (exact) mass is 566 g/mol. The molecule has 0 spiro atoms. The molecule has 1 atom stereocenters. The zero-order chi connectivity index (χ0) is 27.2. The third-order valence-electron chi connectivity index (χ3n) is 6.71. The van der Waals surface area contributed by atoms with Crippen LogP contribution >= 0.6 is 23.4 Å². The zero-order valence-corrected chi connectivity index (χ0v) is 23.3. The fourth-order valence-electron chi connectivity index (χ4n) is 4.89. The van der Waals surface area contributed by atoms with Gasteiger partial charge in [-0.25, -0.2) is 9.79 Å². The molecule has 0 aromatic heterocycles. The van der Waals surface area contributed by atoms with Gasteiger partial charge in [0.1, 0.15) is 0 Å². The van der Waals surface area contributed by atoms with Crippen LogP contribution in [0.4, 0.5) is 0 Å². The summed E-state index contributed by atoms with van der Waals surface area (Å²) in [4.78, 5) is 35.7. The molecule has 1 saturated heterocycles. The van der Waals surface area contributed by atoms with Gasteiger partial charge in [-0.2, -0.15) is 0 Å². The van der Waals surface area contributed by atoms with E-state index in [9.17, 15) is 9.59 Å². The first-order chi connectivity index (χ1) is 19.0. The van der Waals surface area contributed by atoms with Gasteiger partial charge in [0.25, 0.3) is 0 Å². The van der Waals surface area contributed by atoms with Crippen LogP contribution in [0.15, 0.2) is 76.3 Å². The Morgan fingerprint density at radius 2 is 1.95 bits per heavy atom. The van der Waals surface area contributed by atoms with Crippen molar-refractivity contribution in [3.63, 3.8) is 0 Å². The number of aliphatic imine (C=N–C) groups is 1. The molecule has 3 heterocycles. The SMILES string of the molecule is CCOC(=O)C1=C(c2ccccc2)N=C2SC=C(CC(=O)NCCN3CCOCC3)N2C1c1cccc(Cl)c1. The van der Waals surface area contributed by atoms with Crippen molar-refractivity contribution in [1.82, 2.24) is 15.1 Å². The van der Waals surface area contributed by atoms with Crippen molar-refractivity contribution in [3.8, 4) is 0 Å². The average molecular weight is 567 g/mol. The van der Waals surface area contributed by atoms with Crippen LogP contribution in [-0.4, -0.2) is 72.8 Å². The first-order valence-electron chi connectivity index (χ1n) is 13.1. The standard InChI is InChI=1S/C29H31ClN4O4S/c1-2-38-28(36)25-26(20-7-4-3-5-8-20)32-29-34(27(25)21-9-6-10-22(30)17-21)23(19-39-29)18-24(35)31-11-12-33-13-15-37-16-14-33/h3-10,17,19,27H,2,11-16,18H2,1H3,(H,31,35). The van der Waals surface area contributed by atoms with Gasteiger partial charge in [-0.1, -0.05) is 65.8 Å². The number of carbonyl (C=O) groups excluding carboxylic acids is 2. The summed E-state index contributed by atoms with van der Waals surface area (Å²) in [6.45, 7) is 6.54. The first-order valence-corrected chi connectivity index (χ1v) is 14.3. The number of nitrogens with one attached hydrogen (secondary N) is 1. The molecule has 39 heavy (non-hydrogen) atoms. The molecule has 5 rings (SSSR count). The lowest BCUT2D eigenvalue weighted by Gasteiger charge is -2.37. The number of amides is 1. The van der Waals surface area contributed by atoms with Crippen LogP contribution < -0.4 is 5.32 Å². The molecule has 204 valence electrons. The number of amidine groups is 1. The molecule has 1 N–H and O–H groups in total. The Kier molecular flexibility index (Phi) is 9.03. The summed E-state index contributed by atoms with van der Waals surface area (Å²) in [6, 6.07) is 16.5. The van der Waals surface area contributed by atoms with Gasteiger partial charge >= 0.3 is 5.97 Å². The summed E-state index contributed by atoms with van der Waals surface area (Å²) in [5, 5.41) is 6.23. The summed E-state index contributed by atoms with van der Waals surface area (Å²) in [5.74, 6) is -0.535. The number of thioether (sulfide) groups is 1. The quantitative estimate of drug-likeness (QED) is 0.449. The number of esters is 1. The highest BCUT2D eigenvalue weighted by Crippen LogP contribution is 2.47. The second-order valence-corrected chi connectivity index (χ2v) is 10.6. The van der Waals surface area contributed by atoms with Crippen LogP contribution in [0.3, 0.4) is 0 Å². The minimum atomic E-state index is -0.562. The van der Waals surface area contributed by atoms with E-state index in [-0.39, 0.29) is 18.9 Å². The van der Waals surface area contributed by atoms with E-state index in [0.717, 1.165) is 49.7 Å². The van der Waals surface area contributed by atoms with Crippen molar-refractivity contribution in [1.29, 1.82) is 0 Å². The predicted octanol–water partition coefficient (Wildman–Crippen LogP) is 4.45. The van der Waals surface area contributed by atoms with E-state index in [1.165, 1.54) is 11.8 Å². The smallest absolute Gasteiger partial charge is 0.338 e. The van der Waals surface area contributed by atoms with Crippen LogP contribution in [0.2, 0.25) is 5.02 Å². The lowest BCUT2D eigenvalue weighted by atomic mass is 9.91. The topological polar surface area (TPSA) is 83.5 Å². The number of halogens is 1. The van der Waals surface area contributed by atoms with E-state index in [0.29, 0.717) is 28.0 Å². The minimum absolute atomic E-state index is 0.0864. The van der Waals surface area contributed by atoms with Gasteiger partial charge in [-0.3, -0.25) is 9.69 Å². The molecule has 2 aromatic rings. The third-order valence-corrected chi connectivity index (χ3v) is 7.84. The highest BCUT2D eigenvalue weighted by atomic mass is 35.5. The molecule has 0 saturated carbocycles. The van der Waals surface area contributed by atoms with Crippen molar-refractivity contribution < 1.29 is 19.1 Å². The molecule has 1 unspecified atom stereocenters. The maximum atomic E-state index is 13.5. The number of carbonyl (C=O) groups is 2. The van der Waals surface area contributed by atoms with Gasteiger partial charge in [0.15, 0.2) is 5.17 Å². The van der Waals surface area contributed by atoms with E-state index in [1.54, 1.807) is 13.0 Å². The molecular formula is C29H31ClN4O4S. The van der Waals surface area contributed by atoms with Crippen molar-refractivity contribution in [2.75, 3.05) is 46.0 Å². The van der Waals surface area contributed by atoms with Gasteiger partial charge in [0, 0.05) is 42.5 Å². The van der Waals surface area contributed by atoms with Gasteiger partial charge in [0.2, 0.25) is 5.91 Å². The Hall–Kier alpha value is -3.11. The fourth-order valence-corrected chi connectivity index (χ4v) is 6.00. The average Bonchev–Trinajstić information content (AvgIpc) is 3.35. The Labute approximate surface area is 237 Å². The maximum Gasteiger partial charge on any atom is 0.338 e. The van der Waals surface area contributed by atoms with E-state index >= 15 is 0 Å². The lowest BCUT2D eigenvalue weighted by molar-refractivity contribution is -0.139. The summed E-state index contributed by atoms with van der Waals surface area (Å²) in [6.07, 6.45) is 0.156. The minimum Gasteiger partial charge on any atom is -0.463 e. The largest absolute Gasteiger partial charge is 0.463 e. The fraction of sp³-hybridized carbons (Fsp3) is 0.345. The van der Waals surface area contributed by atoms with Crippen molar-refractivity contribution in [2.24, 2.45) is 4.99 Å². The van der Waals surface area contributed by atoms with Gasteiger partial charge in [-0.15, -0.1) is 0 Å². The van der Waals surface area contributed by atoms with E-state index in [1.807, 2.05) is 58.8 Å². The van der Waals surface area contributed by atoms with Gasteiger partial charge in [0.05, 0.1) is 43.6 Å². The Bertz CT molecular complexity index is 1310. The second kappa shape index (κ2) is 12.8. The Balaban J connectivity index is 1.45. The number of hydrogen-bond acceptors (Lipinski definition) is 8. The molecule has 2 aromatic carbocycles. The summed E-state index contributed by atoms with van der Waals surface area (Å²) < 4.78 is 10.9. The normalized spacial score (nSPS) is 19.3. The molecule has 1 fully saturated rings. The highest BCUT2D eigenvalue weighted by molar-refractivity contribution is 8.16. The Morgan fingerprint density at radius 1 is 1.15 bits per heavy atom. The predicted molar refractivity (Wildman–Crippen MR) is 154 cm³/mol. The van der Waals surface area contributed by atoms with Crippen molar-refractivity contribution in [2.45, 2.75) is 19.4 Å². The van der Waals surface area contributed by atoms with Crippen LogP contribution in [-0.2, 0) is 19.1 Å². The summed E-state index contributed by atoms with van der Waals surface area (Å²) in [5.41, 5.74) is 3.36. The zero-order valence-electron chi connectivity index (χ0n) is 21.8. The molecular weight excluding hydrogens is 536 g/mol. The second-order valence-electron chi connectivity index (χ2n) is 9.28. The molecule has 0 radical (unpaired) electrons. The molecule has 3 aliphatic rings. The Morgan fingerprint density at radius 3 is 2.69 bits per heavy atom. The molecule has 8 nitrogen and oxygen atoms in total. The number of nitrogens with zero attached hydrogens (tertiary/aromatic N) is 3. The summed E-state index contributed by atoms with van der Waals surface area (Å²) in [7, 11) is 0. The molecule has 1 amide bonds. The first kappa shape index (κ1) is 27.5. The number of benzene rings is 2. The van der Waals surface area contributed by atoms with Crippen LogP contribution in [0.1, 0.15) is 30.5 Å². The van der Waals surface area contributed by atoms with Crippen molar-refractivity contribution in [3.05, 3.63) is 87.4 Å². The summed E-state index contributed by atoms with van der Waals surface area (Å²) >= 11 is 7.86. The van der Waals surface area contributed by atoms with E-state index in [4.69, 9.17) is 26.1 Å². The third kappa shape index (κ3) is 6.38. The van der Waals surface area contributed by atoms with E-state index in [2.05, 4.69) is 10.2 Å². The lowest BCUT2D eigenvalue weighted by Crippen LogP contribution is -2.42. The van der Waals surface area contributed by atoms with Gasteiger partial charge < -0.3 is 19.7 Å². The van der Waals surface area contributed by atoms with Crippen LogP contribution in [0.25, 0.3) is 5.70 Å². The molecule has 0 bridgehead atoms. The number of fused-ring (bicyclic) bond motifs is 1.